The van der Waals surface area contributed by atoms with Gasteiger partial charge in [0.2, 0.25) is 0 Å². The molecule has 1 nitrogen and oxygen atoms in total. The van der Waals surface area contributed by atoms with Crippen molar-refractivity contribution >= 4 is 0 Å². The van der Waals surface area contributed by atoms with Crippen LogP contribution in [0, 0.1) is 11.8 Å². The maximum atomic E-state index is 3.83. The second kappa shape index (κ2) is 6.38. The van der Waals surface area contributed by atoms with Crippen molar-refractivity contribution < 1.29 is 0 Å². The molecule has 0 saturated heterocycles. The van der Waals surface area contributed by atoms with E-state index in [1.807, 2.05) is 0 Å². The number of hydrogen-bond acceptors (Lipinski definition) is 1. The van der Waals surface area contributed by atoms with Crippen LogP contribution in [-0.4, -0.2) is 12.1 Å². The molecule has 0 amide bonds. The first kappa shape index (κ1) is 13.6. The van der Waals surface area contributed by atoms with Crippen LogP contribution in [0.15, 0.2) is 30.3 Å². The maximum Gasteiger partial charge on any atom is 0.00978 e. The Morgan fingerprint density at radius 2 is 1.89 bits per heavy atom. The van der Waals surface area contributed by atoms with Crippen molar-refractivity contribution in [3.8, 4) is 0 Å². The van der Waals surface area contributed by atoms with E-state index in [2.05, 4.69) is 56.4 Å². The van der Waals surface area contributed by atoms with E-state index in [1.165, 1.54) is 31.2 Å². The van der Waals surface area contributed by atoms with Gasteiger partial charge in [0.25, 0.3) is 0 Å². The van der Waals surface area contributed by atoms with E-state index < -0.39 is 0 Å². The summed E-state index contributed by atoms with van der Waals surface area (Å²) in [7, 11) is 0. The van der Waals surface area contributed by atoms with Gasteiger partial charge in [-0.3, -0.25) is 0 Å². The number of aryl methyl sites for hydroxylation is 1. The fourth-order valence-electron chi connectivity index (χ4n) is 3.08. The quantitative estimate of drug-likeness (QED) is 0.826. The van der Waals surface area contributed by atoms with Crippen molar-refractivity contribution in [3.63, 3.8) is 0 Å². The minimum absolute atomic E-state index is 0.628. The summed E-state index contributed by atoms with van der Waals surface area (Å²) in [6, 6.07) is 12.2. The first-order valence-electron chi connectivity index (χ1n) is 7.47. The smallest absolute Gasteiger partial charge is 0.00978 e. The summed E-state index contributed by atoms with van der Waals surface area (Å²) in [5.41, 5.74) is 1.46. The highest BCUT2D eigenvalue weighted by atomic mass is 15.0. The third-order valence-electron chi connectivity index (χ3n) is 4.67. The Labute approximate surface area is 112 Å². The third-order valence-corrected chi connectivity index (χ3v) is 4.67. The van der Waals surface area contributed by atoms with E-state index in [1.54, 1.807) is 0 Å². The molecule has 0 radical (unpaired) electrons. The molecule has 100 valence electrons. The fraction of sp³-hybridized carbons (Fsp3) is 0.647. The molecule has 18 heavy (non-hydrogen) atoms. The predicted molar refractivity (Wildman–Crippen MR) is 78.7 cm³/mol. The molecule has 1 saturated carbocycles. The highest BCUT2D eigenvalue weighted by Gasteiger charge is 2.29. The Kier molecular flexibility index (Phi) is 4.82. The Morgan fingerprint density at radius 3 is 2.50 bits per heavy atom. The fourth-order valence-corrected chi connectivity index (χ4v) is 3.08. The van der Waals surface area contributed by atoms with Crippen LogP contribution in [0.1, 0.15) is 45.6 Å². The molecular weight excluding hydrogens is 218 g/mol. The van der Waals surface area contributed by atoms with E-state index in [-0.39, 0.29) is 0 Å². The monoisotopic (exact) mass is 245 g/mol. The molecule has 0 aromatic heterocycles. The minimum Gasteiger partial charge on any atom is -0.311 e. The van der Waals surface area contributed by atoms with Gasteiger partial charge in [-0.15, -0.1) is 0 Å². The summed E-state index contributed by atoms with van der Waals surface area (Å²) < 4.78 is 0. The van der Waals surface area contributed by atoms with E-state index in [0.29, 0.717) is 6.04 Å². The summed E-state index contributed by atoms with van der Waals surface area (Å²) >= 11 is 0. The van der Waals surface area contributed by atoms with Crippen molar-refractivity contribution in [1.82, 2.24) is 5.32 Å². The molecule has 0 bridgehead atoms. The molecular formula is C17H27N. The SMILES string of the molecule is CC(CCc1ccccc1)NC1CCC(C)C1C. The van der Waals surface area contributed by atoms with Gasteiger partial charge >= 0.3 is 0 Å². The zero-order valence-corrected chi connectivity index (χ0v) is 12.0. The second-order valence-corrected chi connectivity index (χ2v) is 6.11. The number of hydrogen-bond donors (Lipinski definition) is 1. The lowest BCUT2D eigenvalue weighted by Crippen LogP contribution is -2.39. The molecule has 1 aliphatic carbocycles. The van der Waals surface area contributed by atoms with Gasteiger partial charge in [0.05, 0.1) is 0 Å². The molecule has 2 rings (SSSR count). The Bertz CT molecular complexity index is 346. The van der Waals surface area contributed by atoms with Gasteiger partial charge in [-0.25, -0.2) is 0 Å². The lowest BCUT2D eigenvalue weighted by molar-refractivity contribution is 0.337. The zero-order chi connectivity index (χ0) is 13.0. The summed E-state index contributed by atoms with van der Waals surface area (Å²) in [5.74, 6) is 1.73. The third kappa shape index (κ3) is 3.58. The van der Waals surface area contributed by atoms with Crippen molar-refractivity contribution in [2.24, 2.45) is 11.8 Å². The number of rotatable bonds is 5. The number of benzene rings is 1. The summed E-state index contributed by atoms with van der Waals surface area (Å²) in [5, 5.41) is 3.83. The molecule has 1 heteroatoms. The molecule has 1 aromatic carbocycles. The highest BCUT2D eigenvalue weighted by Crippen LogP contribution is 2.31. The van der Waals surface area contributed by atoms with Gasteiger partial charge in [0, 0.05) is 12.1 Å². The van der Waals surface area contributed by atoms with Crippen LogP contribution in [0.3, 0.4) is 0 Å². The summed E-state index contributed by atoms with van der Waals surface area (Å²) in [6.07, 6.45) is 5.18. The Morgan fingerprint density at radius 1 is 1.17 bits per heavy atom. The normalized spacial score (nSPS) is 29.4. The largest absolute Gasteiger partial charge is 0.311 e. The average Bonchev–Trinajstić information content (AvgIpc) is 2.70. The standard InChI is InChI=1S/C17H27N/c1-13-9-12-17(15(13)3)18-14(2)10-11-16-7-5-4-6-8-16/h4-8,13-15,17-18H,9-12H2,1-3H3. The second-order valence-electron chi connectivity index (χ2n) is 6.11. The van der Waals surface area contributed by atoms with Gasteiger partial charge in [-0.05, 0) is 50.0 Å². The summed E-state index contributed by atoms with van der Waals surface area (Å²) in [4.78, 5) is 0. The zero-order valence-electron chi connectivity index (χ0n) is 12.0. The molecule has 4 unspecified atom stereocenters. The molecule has 1 aromatic rings. The van der Waals surface area contributed by atoms with Crippen LogP contribution in [-0.2, 0) is 6.42 Å². The number of nitrogens with one attached hydrogen (secondary N) is 1. The molecule has 0 aliphatic heterocycles. The first-order valence-corrected chi connectivity index (χ1v) is 7.47. The van der Waals surface area contributed by atoms with Crippen molar-refractivity contribution in [2.75, 3.05) is 0 Å². The molecule has 1 fully saturated rings. The van der Waals surface area contributed by atoms with Crippen LogP contribution in [0.4, 0.5) is 0 Å². The van der Waals surface area contributed by atoms with Crippen LogP contribution >= 0.6 is 0 Å². The van der Waals surface area contributed by atoms with Gasteiger partial charge in [-0.2, -0.15) is 0 Å². The van der Waals surface area contributed by atoms with Crippen LogP contribution in [0.5, 0.6) is 0 Å². The van der Waals surface area contributed by atoms with Gasteiger partial charge in [-0.1, -0.05) is 44.2 Å². The molecule has 1 aliphatic rings. The predicted octanol–water partition coefficient (Wildman–Crippen LogP) is 4.03. The van der Waals surface area contributed by atoms with Crippen molar-refractivity contribution in [2.45, 2.75) is 58.5 Å². The van der Waals surface area contributed by atoms with Crippen LogP contribution in [0.25, 0.3) is 0 Å². The van der Waals surface area contributed by atoms with Gasteiger partial charge in [0.1, 0.15) is 0 Å². The van der Waals surface area contributed by atoms with Gasteiger partial charge < -0.3 is 5.32 Å². The Hall–Kier alpha value is -0.820. The first-order chi connectivity index (χ1) is 8.66. The van der Waals surface area contributed by atoms with E-state index in [4.69, 9.17) is 0 Å². The maximum absolute atomic E-state index is 3.83. The minimum atomic E-state index is 0.628. The molecule has 4 atom stereocenters. The van der Waals surface area contributed by atoms with E-state index in [9.17, 15) is 0 Å². The molecule has 0 heterocycles. The molecule has 1 N–H and O–H groups in total. The van der Waals surface area contributed by atoms with Crippen molar-refractivity contribution in [3.05, 3.63) is 35.9 Å². The van der Waals surface area contributed by atoms with E-state index >= 15 is 0 Å². The van der Waals surface area contributed by atoms with E-state index in [0.717, 1.165) is 17.9 Å². The molecule has 0 spiro atoms. The van der Waals surface area contributed by atoms with Crippen molar-refractivity contribution in [1.29, 1.82) is 0 Å². The Balaban J connectivity index is 1.74. The van der Waals surface area contributed by atoms with Crippen LogP contribution in [0.2, 0.25) is 0 Å². The topological polar surface area (TPSA) is 12.0 Å². The average molecular weight is 245 g/mol. The van der Waals surface area contributed by atoms with Crippen LogP contribution < -0.4 is 5.32 Å². The van der Waals surface area contributed by atoms with Gasteiger partial charge in [0.15, 0.2) is 0 Å². The lowest BCUT2D eigenvalue weighted by atomic mass is 9.97. The summed E-state index contributed by atoms with van der Waals surface area (Å²) in [6.45, 7) is 7.12. The lowest BCUT2D eigenvalue weighted by Gasteiger charge is -2.24. The highest BCUT2D eigenvalue weighted by molar-refractivity contribution is 5.14.